The van der Waals surface area contributed by atoms with Crippen molar-refractivity contribution in [3.63, 3.8) is 0 Å². The largest absolute Gasteiger partial charge is 0.412 e. The quantitative estimate of drug-likeness (QED) is 0.0879. The number of benzene rings is 2. The molecule has 4 heterocycles. The lowest BCUT2D eigenvalue weighted by Crippen LogP contribution is -2.32. The molecule has 0 unspecified atom stereocenters. The zero-order valence-electron chi connectivity index (χ0n) is 34.9. The molecule has 2 amide bonds. The third kappa shape index (κ3) is 13.5. The fourth-order valence-electron chi connectivity index (χ4n) is 6.81. The Morgan fingerprint density at radius 2 is 0.898 bits per heavy atom. The van der Waals surface area contributed by atoms with Crippen LogP contribution in [0, 0.1) is 0 Å². The molecule has 0 aliphatic rings. The molecule has 0 aliphatic carbocycles. The van der Waals surface area contributed by atoms with Crippen molar-refractivity contribution in [2.75, 3.05) is 52.4 Å². The number of nitrogens with zero attached hydrogens (tertiary/aromatic N) is 8. The van der Waals surface area contributed by atoms with Gasteiger partial charge in [0.1, 0.15) is 13.1 Å². The van der Waals surface area contributed by atoms with E-state index >= 15 is 0 Å². The van der Waals surface area contributed by atoms with Crippen molar-refractivity contribution >= 4 is 11.8 Å². The van der Waals surface area contributed by atoms with Crippen molar-refractivity contribution in [2.45, 2.75) is 53.6 Å². The SMILES string of the molecule is CCN(CC)CCCNC(=O)Cn1ncc(-c2ccccc2)c1-c1cccnc1.CCN(CC)CCCNC(=O)Cn1ncc(-c2ccccc2)c1-c1cccnc1.O. The Labute approximate surface area is 348 Å². The summed E-state index contributed by atoms with van der Waals surface area (Å²) in [4.78, 5) is 38.2. The van der Waals surface area contributed by atoms with Crippen LogP contribution in [0.15, 0.2) is 122 Å². The third-order valence-corrected chi connectivity index (χ3v) is 10.0. The summed E-state index contributed by atoms with van der Waals surface area (Å²) in [5.41, 5.74) is 7.82. The predicted octanol–water partition coefficient (Wildman–Crippen LogP) is 6.10. The van der Waals surface area contributed by atoms with Gasteiger partial charge in [-0.25, -0.2) is 0 Å². The molecule has 0 bridgehead atoms. The van der Waals surface area contributed by atoms with E-state index in [0.29, 0.717) is 13.1 Å². The molecule has 0 radical (unpaired) electrons. The molecule has 2 aromatic carbocycles. The van der Waals surface area contributed by atoms with Gasteiger partial charge in [0.05, 0.1) is 23.8 Å². The first-order valence-electron chi connectivity index (χ1n) is 20.5. The number of rotatable bonds is 20. The second-order valence-electron chi connectivity index (χ2n) is 13.8. The first kappa shape index (κ1) is 45.7. The lowest BCUT2D eigenvalue weighted by atomic mass is 10.0. The molecular weight excluding hydrogens is 741 g/mol. The summed E-state index contributed by atoms with van der Waals surface area (Å²) >= 11 is 0. The van der Waals surface area contributed by atoms with Crippen molar-refractivity contribution in [1.29, 1.82) is 0 Å². The van der Waals surface area contributed by atoms with E-state index in [1.54, 1.807) is 21.8 Å². The Morgan fingerprint density at radius 1 is 0.525 bits per heavy atom. The van der Waals surface area contributed by atoms with Crippen LogP contribution < -0.4 is 10.6 Å². The Bertz CT molecular complexity index is 1930. The van der Waals surface area contributed by atoms with E-state index < -0.39 is 0 Å². The van der Waals surface area contributed by atoms with Gasteiger partial charge < -0.3 is 25.9 Å². The van der Waals surface area contributed by atoms with E-state index in [1.807, 2.05) is 85.5 Å². The molecule has 6 rings (SSSR count). The van der Waals surface area contributed by atoms with Crippen molar-refractivity contribution < 1.29 is 15.1 Å². The third-order valence-electron chi connectivity index (χ3n) is 10.0. The summed E-state index contributed by atoms with van der Waals surface area (Å²) in [6, 6.07) is 28.0. The van der Waals surface area contributed by atoms with Gasteiger partial charge in [-0.1, -0.05) is 88.4 Å². The van der Waals surface area contributed by atoms with Gasteiger partial charge in [-0.2, -0.15) is 10.2 Å². The van der Waals surface area contributed by atoms with Gasteiger partial charge in [-0.3, -0.25) is 28.9 Å². The number of amides is 2. The van der Waals surface area contributed by atoms with Crippen LogP contribution >= 0.6 is 0 Å². The summed E-state index contributed by atoms with van der Waals surface area (Å²) in [6.07, 6.45) is 12.6. The minimum Gasteiger partial charge on any atom is -0.412 e. The number of aromatic nitrogens is 6. The van der Waals surface area contributed by atoms with Crippen molar-refractivity contribution in [3.8, 4) is 44.8 Å². The lowest BCUT2D eigenvalue weighted by Gasteiger charge is -2.17. The Hall–Kier alpha value is -6.02. The van der Waals surface area contributed by atoms with Crippen LogP contribution in [-0.2, 0) is 22.7 Å². The highest BCUT2D eigenvalue weighted by atomic mass is 16.2. The first-order chi connectivity index (χ1) is 28.4. The molecule has 0 saturated heterocycles. The maximum atomic E-state index is 12.5. The minimum atomic E-state index is -0.0302. The summed E-state index contributed by atoms with van der Waals surface area (Å²) in [5, 5.41) is 15.1. The molecule has 0 saturated carbocycles. The first-order valence-corrected chi connectivity index (χ1v) is 20.5. The van der Waals surface area contributed by atoms with Gasteiger partial charge in [0.2, 0.25) is 11.8 Å². The topological polar surface area (TPSA) is 158 Å². The summed E-state index contributed by atoms with van der Waals surface area (Å²) < 4.78 is 3.53. The number of hydrogen-bond acceptors (Lipinski definition) is 8. The average Bonchev–Trinajstić information content (AvgIpc) is 3.89. The van der Waals surface area contributed by atoms with Crippen LogP contribution in [0.5, 0.6) is 0 Å². The predicted molar refractivity (Wildman–Crippen MR) is 236 cm³/mol. The summed E-state index contributed by atoms with van der Waals surface area (Å²) in [5.74, 6) is -0.0604. The highest BCUT2D eigenvalue weighted by molar-refractivity contribution is 5.84. The van der Waals surface area contributed by atoms with Crippen LogP contribution in [0.1, 0.15) is 40.5 Å². The molecule has 0 spiro atoms. The van der Waals surface area contributed by atoms with Crippen LogP contribution in [0.25, 0.3) is 44.8 Å². The highest BCUT2D eigenvalue weighted by Crippen LogP contribution is 2.32. The van der Waals surface area contributed by atoms with E-state index in [0.717, 1.165) is 96.9 Å². The number of nitrogens with one attached hydrogen (secondary N) is 2. The second kappa shape index (κ2) is 24.7. The maximum Gasteiger partial charge on any atom is 0.241 e. The van der Waals surface area contributed by atoms with E-state index in [2.05, 4.69) is 92.6 Å². The summed E-state index contributed by atoms with van der Waals surface area (Å²) in [7, 11) is 0. The molecule has 0 atom stereocenters. The van der Waals surface area contributed by atoms with Gasteiger partial charge in [-0.15, -0.1) is 0 Å². The highest BCUT2D eigenvalue weighted by Gasteiger charge is 2.18. The van der Waals surface area contributed by atoms with Crippen LogP contribution in [0.2, 0.25) is 0 Å². The minimum absolute atomic E-state index is 0. The van der Waals surface area contributed by atoms with E-state index in [1.165, 1.54) is 0 Å². The van der Waals surface area contributed by atoms with E-state index in [-0.39, 0.29) is 30.4 Å². The van der Waals surface area contributed by atoms with Crippen LogP contribution in [-0.4, -0.2) is 109 Å². The average molecular weight is 801 g/mol. The molecule has 0 fully saturated rings. The zero-order chi connectivity index (χ0) is 41.0. The Kier molecular flexibility index (Phi) is 19.1. The lowest BCUT2D eigenvalue weighted by molar-refractivity contribution is -0.122. The molecule has 6 aromatic rings. The van der Waals surface area contributed by atoms with Gasteiger partial charge in [0.15, 0.2) is 0 Å². The van der Waals surface area contributed by atoms with Crippen molar-refractivity contribution in [1.82, 2.24) is 50.0 Å². The molecular formula is C46H60N10O3. The van der Waals surface area contributed by atoms with Gasteiger partial charge in [0, 0.05) is 60.1 Å². The molecule has 4 N–H and O–H groups in total. The zero-order valence-corrected chi connectivity index (χ0v) is 34.9. The molecule has 13 nitrogen and oxygen atoms in total. The van der Waals surface area contributed by atoms with Gasteiger partial charge in [0.25, 0.3) is 0 Å². The maximum absolute atomic E-state index is 12.5. The Balaban J connectivity index is 0.000000256. The standard InChI is InChI=1S/2C23H29N5O.H2O/c2*1-3-27(4-2)15-9-14-25-22(29)18-28-23(20-12-8-13-24-16-20)21(17-26-28)19-10-6-5-7-11-19;/h2*5-8,10-13,16-17H,3-4,9,14-15,18H2,1-2H3,(H,25,29);1H2. The van der Waals surface area contributed by atoms with E-state index in [4.69, 9.17) is 0 Å². The summed E-state index contributed by atoms with van der Waals surface area (Å²) in [6.45, 7) is 16.5. The van der Waals surface area contributed by atoms with Crippen molar-refractivity contribution in [2.24, 2.45) is 0 Å². The molecule has 4 aromatic heterocycles. The second-order valence-corrected chi connectivity index (χ2v) is 13.8. The number of carbonyl (C=O) groups is 2. The van der Waals surface area contributed by atoms with E-state index in [9.17, 15) is 9.59 Å². The monoisotopic (exact) mass is 800 g/mol. The van der Waals surface area contributed by atoms with Crippen LogP contribution in [0.3, 0.4) is 0 Å². The molecule has 13 heteroatoms. The number of hydrogen-bond donors (Lipinski definition) is 2. The molecule has 59 heavy (non-hydrogen) atoms. The molecule has 312 valence electrons. The number of carbonyl (C=O) groups excluding carboxylic acids is 2. The Morgan fingerprint density at radius 3 is 1.24 bits per heavy atom. The van der Waals surface area contributed by atoms with Gasteiger partial charge >= 0.3 is 0 Å². The fourth-order valence-corrected chi connectivity index (χ4v) is 6.81. The molecule has 0 aliphatic heterocycles. The number of pyridine rings is 2. The van der Waals surface area contributed by atoms with Crippen LogP contribution in [0.4, 0.5) is 0 Å². The van der Waals surface area contributed by atoms with Crippen molar-refractivity contribution in [3.05, 3.63) is 122 Å². The smallest absolute Gasteiger partial charge is 0.241 e. The normalized spacial score (nSPS) is 10.8. The fraction of sp³-hybridized carbons (Fsp3) is 0.348. The van der Waals surface area contributed by atoms with Gasteiger partial charge in [-0.05, 0) is 87.5 Å².